The molecule has 6 heteroatoms. The Morgan fingerprint density at radius 2 is 2.06 bits per heavy atom. The van der Waals surface area contributed by atoms with E-state index in [0.717, 1.165) is 12.1 Å². The van der Waals surface area contributed by atoms with Crippen LogP contribution in [0.5, 0.6) is 0 Å². The maximum Gasteiger partial charge on any atom is 0.416 e. The van der Waals surface area contributed by atoms with E-state index in [4.69, 9.17) is 5.73 Å². The van der Waals surface area contributed by atoms with Gasteiger partial charge in [-0.2, -0.15) is 13.2 Å². The SMILES string of the molecule is Nc1nccn1Cc1cccc(C(F)(F)F)c1. The topological polar surface area (TPSA) is 43.8 Å². The normalized spacial score (nSPS) is 11.7. The first-order chi connectivity index (χ1) is 7.97. The number of aromatic nitrogens is 2. The Morgan fingerprint density at radius 1 is 1.29 bits per heavy atom. The van der Waals surface area contributed by atoms with E-state index in [2.05, 4.69) is 4.98 Å². The van der Waals surface area contributed by atoms with Crippen molar-refractivity contribution >= 4 is 5.95 Å². The molecule has 0 aliphatic rings. The first-order valence-corrected chi connectivity index (χ1v) is 4.89. The lowest BCUT2D eigenvalue weighted by molar-refractivity contribution is -0.137. The molecule has 0 saturated carbocycles. The number of benzene rings is 1. The first kappa shape index (κ1) is 11.5. The number of anilines is 1. The van der Waals surface area contributed by atoms with Crippen LogP contribution < -0.4 is 5.73 Å². The van der Waals surface area contributed by atoms with E-state index in [0.29, 0.717) is 5.56 Å². The average Bonchev–Trinajstić information content (AvgIpc) is 2.64. The Balaban J connectivity index is 2.26. The number of hydrogen-bond donors (Lipinski definition) is 1. The number of nitrogens with two attached hydrogens (primary N) is 1. The average molecular weight is 241 g/mol. The molecule has 0 radical (unpaired) electrons. The highest BCUT2D eigenvalue weighted by atomic mass is 19.4. The summed E-state index contributed by atoms with van der Waals surface area (Å²) in [6.45, 7) is 0.274. The summed E-state index contributed by atoms with van der Waals surface area (Å²) in [4.78, 5) is 3.80. The van der Waals surface area contributed by atoms with Crippen LogP contribution in [0.4, 0.5) is 19.1 Å². The molecule has 0 aliphatic carbocycles. The summed E-state index contributed by atoms with van der Waals surface area (Å²) >= 11 is 0. The van der Waals surface area contributed by atoms with Gasteiger partial charge in [0.15, 0.2) is 5.95 Å². The van der Waals surface area contributed by atoms with Gasteiger partial charge in [-0.25, -0.2) is 4.98 Å². The van der Waals surface area contributed by atoms with Gasteiger partial charge in [0.05, 0.1) is 12.1 Å². The predicted molar refractivity (Wildman–Crippen MR) is 57.2 cm³/mol. The van der Waals surface area contributed by atoms with E-state index in [-0.39, 0.29) is 12.5 Å². The number of halogens is 3. The molecule has 1 heterocycles. The molecule has 3 nitrogen and oxygen atoms in total. The Kier molecular flexibility index (Phi) is 2.79. The molecule has 17 heavy (non-hydrogen) atoms. The number of hydrogen-bond acceptors (Lipinski definition) is 2. The van der Waals surface area contributed by atoms with Crippen molar-refractivity contribution in [2.75, 3.05) is 5.73 Å². The Labute approximate surface area is 95.7 Å². The smallest absolute Gasteiger partial charge is 0.369 e. The number of nitrogen functional groups attached to an aromatic ring is 1. The van der Waals surface area contributed by atoms with Crippen molar-refractivity contribution in [1.29, 1.82) is 0 Å². The molecule has 0 saturated heterocycles. The summed E-state index contributed by atoms with van der Waals surface area (Å²) in [7, 11) is 0. The van der Waals surface area contributed by atoms with Crippen molar-refractivity contribution < 1.29 is 13.2 Å². The molecule has 0 fully saturated rings. The van der Waals surface area contributed by atoms with Gasteiger partial charge in [0, 0.05) is 12.4 Å². The number of rotatable bonds is 2. The second-order valence-electron chi connectivity index (χ2n) is 3.61. The Morgan fingerprint density at radius 3 is 2.65 bits per heavy atom. The summed E-state index contributed by atoms with van der Waals surface area (Å²) in [6.07, 6.45) is -1.20. The van der Waals surface area contributed by atoms with Crippen molar-refractivity contribution in [2.45, 2.75) is 12.7 Å². The third-order valence-electron chi connectivity index (χ3n) is 2.35. The Hall–Kier alpha value is -1.98. The van der Waals surface area contributed by atoms with Crippen LogP contribution in [0.15, 0.2) is 36.7 Å². The van der Waals surface area contributed by atoms with E-state index < -0.39 is 11.7 Å². The monoisotopic (exact) mass is 241 g/mol. The zero-order valence-corrected chi connectivity index (χ0v) is 8.78. The third-order valence-corrected chi connectivity index (χ3v) is 2.35. The zero-order valence-electron chi connectivity index (χ0n) is 8.78. The van der Waals surface area contributed by atoms with Crippen LogP contribution in [0.25, 0.3) is 0 Å². The second-order valence-corrected chi connectivity index (χ2v) is 3.61. The lowest BCUT2D eigenvalue weighted by Gasteiger charge is -2.09. The standard InChI is InChI=1S/C11H10F3N3/c12-11(13,14)9-3-1-2-8(6-9)7-17-5-4-16-10(17)15/h1-6H,7H2,(H2,15,16). The van der Waals surface area contributed by atoms with Crippen LogP contribution in [0.3, 0.4) is 0 Å². The molecule has 2 rings (SSSR count). The molecule has 2 aromatic rings. The first-order valence-electron chi connectivity index (χ1n) is 4.89. The van der Waals surface area contributed by atoms with Crippen LogP contribution in [0.1, 0.15) is 11.1 Å². The number of nitrogens with zero attached hydrogens (tertiary/aromatic N) is 2. The second kappa shape index (κ2) is 4.12. The molecular weight excluding hydrogens is 231 g/mol. The van der Waals surface area contributed by atoms with Gasteiger partial charge in [0.25, 0.3) is 0 Å². The van der Waals surface area contributed by atoms with Gasteiger partial charge in [0.2, 0.25) is 0 Å². The van der Waals surface area contributed by atoms with Gasteiger partial charge in [-0.15, -0.1) is 0 Å². The van der Waals surface area contributed by atoms with Crippen molar-refractivity contribution in [3.05, 3.63) is 47.8 Å². The summed E-state index contributed by atoms with van der Waals surface area (Å²) in [5.74, 6) is 0.280. The van der Waals surface area contributed by atoms with Crippen molar-refractivity contribution in [3.63, 3.8) is 0 Å². The van der Waals surface area contributed by atoms with Gasteiger partial charge in [0.1, 0.15) is 0 Å². The van der Waals surface area contributed by atoms with Crippen LogP contribution in [-0.2, 0) is 12.7 Å². The predicted octanol–water partition coefficient (Wildman–Crippen LogP) is 2.53. The lowest BCUT2D eigenvalue weighted by Crippen LogP contribution is -2.07. The van der Waals surface area contributed by atoms with Crippen LogP contribution in [-0.4, -0.2) is 9.55 Å². The van der Waals surface area contributed by atoms with Crippen molar-refractivity contribution in [1.82, 2.24) is 9.55 Å². The molecule has 1 aromatic carbocycles. The highest BCUT2D eigenvalue weighted by Crippen LogP contribution is 2.29. The molecule has 0 bridgehead atoms. The van der Waals surface area contributed by atoms with Crippen LogP contribution in [0.2, 0.25) is 0 Å². The summed E-state index contributed by atoms with van der Waals surface area (Å²) < 4.78 is 39.0. The van der Waals surface area contributed by atoms with Crippen molar-refractivity contribution in [2.24, 2.45) is 0 Å². The van der Waals surface area contributed by atoms with E-state index in [1.54, 1.807) is 16.8 Å². The van der Waals surface area contributed by atoms with Crippen LogP contribution in [0, 0.1) is 0 Å². The molecule has 0 aliphatic heterocycles. The minimum Gasteiger partial charge on any atom is -0.369 e. The van der Waals surface area contributed by atoms with Gasteiger partial charge >= 0.3 is 6.18 Å². The molecule has 90 valence electrons. The van der Waals surface area contributed by atoms with E-state index in [1.807, 2.05) is 0 Å². The molecule has 0 unspecified atom stereocenters. The molecule has 2 N–H and O–H groups in total. The summed E-state index contributed by atoms with van der Waals surface area (Å²) in [6, 6.07) is 5.15. The van der Waals surface area contributed by atoms with E-state index in [9.17, 15) is 13.2 Å². The fourth-order valence-corrected chi connectivity index (χ4v) is 1.52. The zero-order chi connectivity index (χ0) is 12.5. The maximum atomic E-state index is 12.5. The highest BCUT2D eigenvalue weighted by Gasteiger charge is 2.30. The molecule has 1 aromatic heterocycles. The van der Waals surface area contributed by atoms with E-state index >= 15 is 0 Å². The number of alkyl halides is 3. The largest absolute Gasteiger partial charge is 0.416 e. The van der Waals surface area contributed by atoms with Gasteiger partial charge in [-0.3, -0.25) is 0 Å². The fraction of sp³-hybridized carbons (Fsp3) is 0.182. The lowest BCUT2D eigenvalue weighted by atomic mass is 10.1. The van der Waals surface area contributed by atoms with Gasteiger partial charge in [-0.1, -0.05) is 12.1 Å². The summed E-state index contributed by atoms with van der Waals surface area (Å²) in [5, 5.41) is 0. The maximum absolute atomic E-state index is 12.5. The molecule has 0 atom stereocenters. The Bertz CT molecular complexity index is 517. The van der Waals surface area contributed by atoms with Gasteiger partial charge in [-0.05, 0) is 17.7 Å². The highest BCUT2D eigenvalue weighted by molar-refractivity contribution is 5.27. The number of imidazole rings is 1. The molecule has 0 spiro atoms. The van der Waals surface area contributed by atoms with Crippen molar-refractivity contribution in [3.8, 4) is 0 Å². The minimum atomic E-state index is -4.32. The molecule has 0 amide bonds. The van der Waals surface area contributed by atoms with Gasteiger partial charge < -0.3 is 10.3 Å². The third kappa shape index (κ3) is 2.58. The van der Waals surface area contributed by atoms with E-state index in [1.165, 1.54) is 12.3 Å². The summed E-state index contributed by atoms with van der Waals surface area (Å²) in [5.41, 5.74) is 5.42. The molecular formula is C11H10F3N3. The quantitative estimate of drug-likeness (QED) is 0.878. The fourth-order valence-electron chi connectivity index (χ4n) is 1.52. The van der Waals surface area contributed by atoms with Crippen LogP contribution >= 0.6 is 0 Å². The minimum absolute atomic E-state index is 0.274.